The fraction of sp³-hybridized carbons (Fsp3) is 0.667. The lowest BCUT2D eigenvalue weighted by Crippen LogP contribution is -2.40. The molecule has 1 aliphatic carbocycles. The SMILES string of the molecule is CC(C)S(=O)(=O)NC1CCCC1c1ccc(C(C)(C)C)cc1. The molecule has 0 saturated heterocycles. The van der Waals surface area contributed by atoms with Crippen molar-refractivity contribution >= 4 is 10.0 Å². The van der Waals surface area contributed by atoms with E-state index in [0.29, 0.717) is 5.92 Å². The maximum atomic E-state index is 12.1. The Bertz CT molecular complexity index is 597. The highest BCUT2D eigenvalue weighted by molar-refractivity contribution is 7.90. The molecule has 2 rings (SSSR count). The molecule has 4 heteroatoms. The van der Waals surface area contributed by atoms with Gasteiger partial charge in [0.05, 0.1) is 5.25 Å². The number of sulfonamides is 1. The first-order chi connectivity index (χ1) is 10.1. The first-order valence-corrected chi connectivity index (χ1v) is 9.77. The molecule has 0 amide bonds. The van der Waals surface area contributed by atoms with Crippen molar-refractivity contribution in [3.63, 3.8) is 0 Å². The van der Waals surface area contributed by atoms with Crippen LogP contribution in [0.2, 0.25) is 0 Å². The summed E-state index contributed by atoms with van der Waals surface area (Å²) in [5.41, 5.74) is 2.71. The molecule has 124 valence electrons. The molecule has 22 heavy (non-hydrogen) atoms. The maximum absolute atomic E-state index is 12.1. The lowest BCUT2D eigenvalue weighted by molar-refractivity contribution is 0.519. The van der Waals surface area contributed by atoms with Crippen LogP contribution in [0.3, 0.4) is 0 Å². The Kier molecular flexibility index (Phi) is 5.03. The van der Waals surface area contributed by atoms with Crippen molar-refractivity contribution in [3.05, 3.63) is 35.4 Å². The first kappa shape index (κ1) is 17.5. The Hall–Kier alpha value is -0.870. The summed E-state index contributed by atoms with van der Waals surface area (Å²) in [6.07, 6.45) is 3.06. The van der Waals surface area contributed by atoms with Crippen LogP contribution in [0.15, 0.2) is 24.3 Å². The number of nitrogens with one attached hydrogen (secondary N) is 1. The third kappa shape index (κ3) is 3.90. The van der Waals surface area contributed by atoms with E-state index < -0.39 is 10.0 Å². The highest BCUT2D eigenvalue weighted by atomic mass is 32.2. The van der Waals surface area contributed by atoms with Crippen LogP contribution in [-0.2, 0) is 15.4 Å². The van der Waals surface area contributed by atoms with Gasteiger partial charge in [-0.3, -0.25) is 0 Å². The van der Waals surface area contributed by atoms with Gasteiger partial charge in [-0.15, -0.1) is 0 Å². The Morgan fingerprint density at radius 3 is 2.18 bits per heavy atom. The maximum Gasteiger partial charge on any atom is 0.214 e. The van der Waals surface area contributed by atoms with Gasteiger partial charge in [-0.1, -0.05) is 51.5 Å². The molecule has 1 fully saturated rings. The Labute approximate surface area is 135 Å². The molecule has 2 unspecified atom stereocenters. The fourth-order valence-electron chi connectivity index (χ4n) is 3.08. The Morgan fingerprint density at radius 1 is 1.09 bits per heavy atom. The molecule has 0 spiro atoms. The second-order valence-corrected chi connectivity index (χ2v) is 10.00. The van der Waals surface area contributed by atoms with Gasteiger partial charge in [0.15, 0.2) is 0 Å². The summed E-state index contributed by atoms with van der Waals surface area (Å²) < 4.78 is 27.2. The summed E-state index contributed by atoms with van der Waals surface area (Å²) >= 11 is 0. The number of hydrogen-bond donors (Lipinski definition) is 1. The van der Waals surface area contributed by atoms with Crippen molar-refractivity contribution in [1.29, 1.82) is 0 Å². The van der Waals surface area contributed by atoms with Crippen molar-refractivity contribution in [2.24, 2.45) is 0 Å². The highest BCUT2D eigenvalue weighted by Gasteiger charge is 2.32. The molecule has 3 nitrogen and oxygen atoms in total. The lowest BCUT2D eigenvalue weighted by Gasteiger charge is -2.24. The zero-order valence-electron chi connectivity index (χ0n) is 14.4. The van der Waals surface area contributed by atoms with Crippen LogP contribution >= 0.6 is 0 Å². The molecule has 0 bridgehead atoms. The molecule has 1 saturated carbocycles. The zero-order chi connectivity index (χ0) is 16.5. The van der Waals surface area contributed by atoms with Gasteiger partial charge in [-0.05, 0) is 43.2 Å². The molecule has 0 heterocycles. The summed E-state index contributed by atoms with van der Waals surface area (Å²) in [4.78, 5) is 0. The standard InChI is InChI=1S/C18H29NO2S/c1-13(2)22(20,21)19-17-8-6-7-16(17)14-9-11-15(12-10-14)18(3,4)5/h9-13,16-17,19H,6-8H2,1-5H3. The molecule has 0 aromatic heterocycles. The topological polar surface area (TPSA) is 46.2 Å². The largest absolute Gasteiger partial charge is 0.214 e. The average Bonchev–Trinajstić information content (AvgIpc) is 2.85. The zero-order valence-corrected chi connectivity index (χ0v) is 15.2. The van der Waals surface area contributed by atoms with Gasteiger partial charge < -0.3 is 0 Å². The second kappa shape index (κ2) is 6.32. The summed E-state index contributed by atoms with van der Waals surface area (Å²) in [6, 6.07) is 8.75. The summed E-state index contributed by atoms with van der Waals surface area (Å²) in [5.74, 6) is 0.294. The van der Waals surface area contributed by atoms with Gasteiger partial charge >= 0.3 is 0 Å². The number of hydrogen-bond acceptors (Lipinski definition) is 2. The van der Waals surface area contributed by atoms with Crippen molar-refractivity contribution < 1.29 is 8.42 Å². The van der Waals surface area contributed by atoms with E-state index in [1.54, 1.807) is 13.8 Å². The minimum Gasteiger partial charge on any atom is -0.212 e. The van der Waals surface area contributed by atoms with Crippen LogP contribution in [0, 0.1) is 0 Å². The van der Waals surface area contributed by atoms with E-state index in [4.69, 9.17) is 0 Å². The molecular weight excluding hydrogens is 294 g/mol. The van der Waals surface area contributed by atoms with E-state index >= 15 is 0 Å². The summed E-state index contributed by atoms with van der Waals surface area (Å²) in [6.45, 7) is 10.1. The molecule has 0 aliphatic heterocycles. The van der Waals surface area contributed by atoms with Crippen LogP contribution < -0.4 is 4.72 Å². The van der Waals surface area contributed by atoms with Gasteiger partial charge in [-0.2, -0.15) is 0 Å². The van der Waals surface area contributed by atoms with E-state index in [1.165, 1.54) is 11.1 Å². The summed E-state index contributed by atoms with van der Waals surface area (Å²) in [7, 11) is -3.20. The number of rotatable bonds is 4. The van der Waals surface area contributed by atoms with Crippen LogP contribution in [0.4, 0.5) is 0 Å². The third-order valence-corrected chi connectivity index (χ3v) is 6.53. The lowest BCUT2D eigenvalue weighted by atomic mass is 9.85. The minimum absolute atomic E-state index is 0.0351. The predicted molar refractivity (Wildman–Crippen MR) is 92.7 cm³/mol. The van der Waals surface area contributed by atoms with E-state index in [1.807, 2.05) is 0 Å². The van der Waals surface area contributed by atoms with E-state index in [2.05, 4.69) is 49.8 Å². The van der Waals surface area contributed by atoms with Gasteiger partial charge in [0.2, 0.25) is 10.0 Å². The van der Waals surface area contributed by atoms with Crippen LogP contribution in [0.5, 0.6) is 0 Å². The van der Waals surface area contributed by atoms with Gasteiger partial charge in [0.25, 0.3) is 0 Å². The normalized spacial score (nSPS) is 23.2. The third-order valence-electron chi connectivity index (χ3n) is 4.66. The predicted octanol–water partition coefficient (Wildman–Crippen LogP) is 3.95. The van der Waals surface area contributed by atoms with Crippen molar-refractivity contribution in [3.8, 4) is 0 Å². The molecule has 1 aromatic rings. The monoisotopic (exact) mass is 323 g/mol. The molecule has 1 aliphatic rings. The smallest absolute Gasteiger partial charge is 0.212 e. The van der Waals surface area contributed by atoms with Crippen molar-refractivity contribution in [2.45, 2.75) is 76.5 Å². The first-order valence-electron chi connectivity index (χ1n) is 8.23. The van der Waals surface area contributed by atoms with Crippen molar-refractivity contribution in [1.82, 2.24) is 4.72 Å². The minimum atomic E-state index is -3.20. The van der Waals surface area contributed by atoms with Crippen LogP contribution in [0.1, 0.15) is 70.9 Å². The quantitative estimate of drug-likeness (QED) is 0.912. The van der Waals surface area contributed by atoms with Crippen LogP contribution in [-0.4, -0.2) is 19.7 Å². The average molecular weight is 324 g/mol. The van der Waals surface area contributed by atoms with E-state index in [-0.39, 0.29) is 16.7 Å². The molecule has 0 radical (unpaired) electrons. The van der Waals surface area contributed by atoms with E-state index in [9.17, 15) is 8.42 Å². The number of benzene rings is 1. The molecular formula is C18H29NO2S. The molecule has 2 atom stereocenters. The van der Waals surface area contributed by atoms with Gasteiger partial charge in [0, 0.05) is 12.0 Å². The Balaban J connectivity index is 2.17. The molecule has 1 aromatic carbocycles. The second-order valence-electron chi connectivity index (χ2n) is 7.73. The highest BCUT2D eigenvalue weighted by Crippen LogP contribution is 2.36. The van der Waals surface area contributed by atoms with Crippen LogP contribution in [0.25, 0.3) is 0 Å². The van der Waals surface area contributed by atoms with Gasteiger partial charge in [0.1, 0.15) is 0 Å². The fourth-order valence-corrected chi connectivity index (χ4v) is 4.05. The Morgan fingerprint density at radius 2 is 1.68 bits per heavy atom. The van der Waals surface area contributed by atoms with Crippen molar-refractivity contribution in [2.75, 3.05) is 0 Å². The molecule has 1 N–H and O–H groups in total. The van der Waals surface area contributed by atoms with Gasteiger partial charge in [-0.25, -0.2) is 13.1 Å². The summed E-state index contributed by atoms with van der Waals surface area (Å²) in [5, 5.41) is -0.378. The van der Waals surface area contributed by atoms with E-state index in [0.717, 1.165) is 19.3 Å².